The summed E-state index contributed by atoms with van der Waals surface area (Å²) in [5.41, 5.74) is 2.56. The third-order valence-corrected chi connectivity index (χ3v) is 3.69. The molecule has 1 amide bonds. The summed E-state index contributed by atoms with van der Waals surface area (Å²) in [7, 11) is 0. The van der Waals surface area contributed by atoms with Crippen LogP contribution >= 0.6 is 0 Å². The fourth-order valence-corrected chi connectivity index (χ4v) is 2.57. The van der Waals surface area contributed by atoms with Crippen molar-refractivity contribution in [3.05, 3.63) is 46.9 Å². The number of carbonyl (C=O) groups excluding carboxylic acids is 1. The number of carbonyl (C=O) groups is 1. The van der Waals surface area contributed by atoms with Crippen molar-refractivity contribution in [1.82, 2.24) is 5.32 Å². The van der Waals surface area contributed by atoms with Gasteiger partial charge in [0, 0.05) is 12.1 Å². The van der Waals surface area contributed by atoms with Gasteiger partial charge >= 0.3 is 0 Å². The Bertz CT molecular complexity index is 671. The predicted molar refractivity (Wildman–Crippen MR) is 93.0 cm³/mol. The Hall–Kier alpha value is -2.43. The van der Waals surface area contributed by atoms with Crippen LogP contribution in [0.1, 0.15) is 41.1 Å². The van der Waals surface area contributed by atoms with E-state index in [1.807, 2.05) is 39.0 Å². The monoisotopic (exact) mass is 331 g/mol. The Balaban J connectivity index is 1.96. The van der Waals surface area contributed by atoms with E-state index in [4.69, 9.17) is 13.9 Å². The molecule has 0 aliphatic carbocycles. The number of furan rings is 1. The zero-order valence-electron chi connectivity index (χ0n) is 14.8. The normalized spacial score (nSPS) is 10.5. The van der Waals surface area contributed by atoms with E-state index >= 15 is 0 Å². The van der Waals surface area contributed by atoms with Crippen molar-refractivity contribution in [2.24, 2.45) is 0 Å². The summed E-state index contributed by atoms with van der Waals surface area (Å²) in [6.07, 6.45) is 2.32. The maximum atomic E-state index is 12.2. The van der Waals surface area contributed by atoms with Gasteiger partial charge in [0.15, 0.2) is 11.5 Å². The molecule has 5 nitrogen and oxygen atoms in total. The fraction of sp³-hybridized carbons (Fsp3) is 0.421. The maximum absolute atomic E-state index is 12.2. The summed E-state index contributed by atoms with van der Waals surface area (Å²) in [4.78, 5) is 12.2. The van der Waals surface area contributed by atoms with E-state index in [-0.39, 0.29) is 5.91 Å². The molecule has 2 aromatic rings. The van der Waals surface area contributed by atoms with Crippen molar-refractivity contribution in [2.75, 3.05) is 19.8 Å². The highest BCUT2D eigenvalue weighted by Crippen LogP contribution is 2.28. The number of amides is 1. The van der Waals surface area contributed by atoms with E-state index in [0.717, 1.165) is 22.6 Å². The van der Waals surface area contributed by atoms with Crippen molar-refractivity contribution >= 4 is 5.91 Å². The van der Waals surface area contributed by atoms with E-state index in [1.165, 1.54) is 0 Å². The zero-order chi connectivity index (χ0) is 17.5. The van der Waals surface area contributed by atoms with Gasteiger partial charge in [-0.2, -0.15) is 0 Å². The first-order valence-corrected chi connectivity index (χ1v) is 8.28. The molecule has 0 aliphatic rings. The molecule has 0 spiro atoms. The molecule has 0 atom stereocenters. The van der Waals surface area contributed by atoms with Gasteiger partial charge in [-0.25, -0.2) is 0 Å². The van der Waals surface area contributed by atoms with Gasteiger partial charge in [-0.1, -0.05) is 6.07 Å². The molecular formula is C19H25NO4. The van der Waals surface area contributed by atoms with E-state index < -0.39 is 0 Å². The summed E-state index contributed by atoms with van der Waals surface area (Å²) in [6.45, 7) is 9.27. The van der Waals surface area contributed by atoms with Crippen LogP contribution in [0.2, 0.25) is 0 Å². The fourth-order valence-electron chi connectivity index (χ4n) is 2.57. The van der Waals surface area contributed by atoms with Gasteiger partial charge in [0.2, 0.25) is 0 Å². The quantitative estimate of drug-likeness (QED) is 0.802. The molecule has 0 bridgehead atoms. The van der Waals surface area contributed by atoms with E-state index in [9.17, 15) is 4.79 Å². The smallest absolute Gasteiger partial charge is 0.255 e. The third-order valence-electron chi connectivity index (χ3n) is 3.69. The zero-order valence-corrected chi connectivity index (χ0v) is 14.8. The van der Waals surface area contributed by atoms with E-state index in [1.54, 1.807) is 13.2 Å². The largest absolute Gasteiger partial charge is 0.490 e. The Labute approximate surface area is 143 Å². The maximum Gasteiger partial charge on any atom is 0.255 e. The van der Waals surface area contributed by atoms with Crippen LogP contribution in [0, 0.1) is 13.8 Å². The Morgan fingerprint density at radius 3 is 2.46 bits per heavy atom. The molecule has 1 aromatic carbocycles. The second-order valence-corrected chi connectivity index (χ2v) is 5.50. The minimum Gasteiger partial charge on any atom is -0.490 e. The molecule has 5 heteroatoms. The molecule has 0 saturated heterocycles. The Morgan fingerprint density at radius 2 is 1.83 bits per heavy atom. The molecule has 0 unspecified atom stereocenters. The van der Waals surface area contributed by atoms with Crippen LogP contribution in [0.25, 0.3) is 0 Å². The molecule has 2 rings (SSSR count). The van der Waals surface area contributed by atoms with E-state index in [2.05, 4.69) is 5.32 Å². The highest BCUT2D eigenvalue weighted by molar-refractivity contribution is 5.96. The number of aryl methyl sites for hydroxylation is 2. The van der Waals surface area contributed by atoms with Crippen molar-refractivity contribution in [3.63, 3.8) is 0 Å². The second kappa shape index (κ2) is 8.43. The first kappa shape index (κ1) is 17.9. The molecule has 24 heavy (non-hydrogen) atoms. The standard InChI is InChI=1S/C19H25NO4/c1-5-22-16-8-7-15(11-17(16)23-6-2)9-10-20-19(21)18-13(3)12-24-14(18)4/h7-8,11-12H,5-6,9-10H2,1-4H3,(H,20,21). The van der Waals surface area contributed by atoms with Crippen molar-refractivity contribution in [1.29, 1.82) is 0 Å². The molecule has 1 heterocycles. The lowest BCUT2D eigenvalue weighted by atomic mass is 10.1. The lowest BCUT2D eigenvalue weighted by molar-refractivity contribution is 0.0952. The minimum absolute atomic E-state index is 0.102. The molecule has 0 radical (unpaired) electrons. The first-order chi connectivity index (χ1) is 11.6. The molecular weight excluding hydrogens is 306 g/mol. The third kappa shape index (κ3) is 4.31. The number of ether oxygens (including phenoxy) is 2. The van der Waals surface area contributed by atoms with Crippen LogP contribution in [-0.2, 0) is 6.42 Å². The van der Waals surface area contributed by atoms with Gasteiger partial charge in [-0.15, -0.1) is 0 Å². The van der Waals surface area contributed by atoms with Crippen molar-refractivity contribution in [2.45, 2.75) is 34.1 Å². The van der Waals surface area contributed by atoms with Gasteiger partial charge in [0.25, 0.3) is 5.91 Å². The van der Waals surface area contributed by atoms with Gasteiger partial charge in [-0.3, -0.25) is 4.79 Å². The Morgan fingerprint density at radius 1 is 1.12 bits per heavy atom. The molecule has 0 aliphatic heterocycles. The molecule has 0 fully saturated rings. The van der Waals surface area contributed by atoms with E-state index in [0.29, 0.717) is 37.5 Å². The van der Waals surface area contributed by atoms with Crippen LogP contribution in [0.3, 0.4) is 0 Å². The average Bonchev–Trinajstić information content (AvgIpc) is 2.89. The van der Waals surface area contributed by atoms with Gasteiger partial charge in [0.05, 0.1) is 25.0 Å². The first-order valence-electron chi connectivity index (χ1n) is 8.28. The summed E-state index contributed by atoms with van der Waals surface area (Å²) in [5.74, 6) is 2.03. The summed E-state index contributed by atoms with van der Waals surface area (Å²) < 4.78 is 16.4. The summed E-state index contributed by atoms with van der Waals surface area (Å²) >= 11 is 0. The SMILES string of the molecule is CCOc1ccc(CCNC(=O)c2c(C)coc2C)cc1OCC. The van der Waals surface area contributed by atoms with Crippen LogP contribution in [-0.4, -0.2) is 25.7 Å². The summed E-state index contributed by atoms with van der Waals surface area (Å²) in [6, 6.07) is 5.87. The molecule has 130 valence electrons. The lowest BCUT2D eigenvalue weighted by Crippen LogP contribution is -2.26. The molecule has 1 N–H and O–H groups in total. The lowest BCUT2D eigenvalue weighted by Gasteiger charge is -2.12. The van der Waals surface area contributed by atoms with Gasteiger partial charge in [-0.05, 0) is 51.8 Å². The van der Waals surface area contributed by atoms with Crippen molar-refractivity contribution in [3.8, 4) is 11.5 Å². The highest BCUT2D eigenvalue weighted by Gasteiger charge is 2.15. The van der Waals surface area contributed by atoms with Gasteiger partial charge in [0.1, 0.15) is 5.76 Å². The number of hydrogen-bond acceptors (Lipinski definition) is 4. The topological polar surface area (TPSA) is 60.7 Å². The minimum atomic E-state index is -0.102. The number of benzene rings is 1. The predicted octanol–water partition coefficient (Wildman–Crippen LogP) is 3.67. The van der Waals surface area contributed by atoms with Crippen LogP contribution < -0.4 is 14.8 Å². The molecule has 1 aromatic heterocycles. The second-order valence-electron chi connectivity index (χ2n) is 5.50. The van der Waals surface area contributed by atoms with Crippen LogP contribution in [0.4, 0.5) is 0 Å². The van der Waals surface area contributed by atoms with Crippen LogP contribution in [0.15, 0.2) is 28.9 Å². The van der Waals surface area contributed by atoms with Crippen molar-refractivity contribution < 1.29 is 18.7 Å². The Kier molecular flexibility index (Phi) is 6.29. The van der Waals surface area contributed by atoms with Crippen LogP contribution in [0.5, 0.6) is 11.5 Å². The average molecular weight is 331 g/mol. The molecule has 0 saturated carbocycles. The number of nitrogens with one attached hydrogen (secondary N) is 1. The number of rotatable bonds is 8. The number of hydrogen-bond donors (Lipinski definition) is 1. The summed E-state index contributed by atoms with van der Waals surface area (Å²) in [5, 5.41) is 2.94. The van der Waals surface area contributed by atoms with Gasteiger partial charge < -0.3 is 19.2 Å². The highest BCUT2D eigenvalue weighted by atomic mass is 16.5.